The Labute approximate surface area is 494 Å². The number of hydrogen-bond donors (Lipinski definition) is 0. The summed E-state index contributed by atoms with van der Waals surface area (Å²) < 4.78 is 0. The Hall–Kier alpha value is -8.46. The van der Waals surface area contributed by atoms with Crippen molar-refractivity contribution < 1.29 is 0 Å². The van der Waals surface area contributed by atoms with E-state index in [9.17, 15) is 0 Å². The van der Waals surface area contributed by atoms with Gasteiger partial charge in [-0.2, -0.15) is 0 Å². The molecule has 11 aromatic carbocycles. The second-order valence-corrected chi connectivity index (χ2v) is 26.3. The van der Waals surface area contributed by atoms with E-state index in [-0.39, 0.29) is 22.7 Å². The molecule has 0 spiro atoms. The van der Waals surface area contributed by atoms with E-state index in [1.165, 1.54) is 144 Å². The first kappa shape index (κ1) is 55.1. The molecule has 1 aliphatic carbocycles. The second kappa shape index (κ2) is 21.7. The van der Waals surface area contributed by atoms with Crippen LogP contribution in [0, 0.1) is 19.8 Å². The lowest BCUT2D eigenvalue weighted by atomic mass is 9.82. The van der Waals surface area contributed by atoms with Crippen LogP contribution in [0.25, 0.3) is 71.3 Å². The first-order valence-electron chi connectivity index (χ1n) is 30.3. The van der Waals surface area contributed by atoms with Gasteiger partial charge in [0, 0.05) is 22.1 Å². The summed E-state index contributed by atoms with van der Waals surface area (Å²) in [6, 6.07) is 76.4. The summed E-state index contributed by atoms with van der Waals surface area (Å²) in [6.07, 6.45) is 7.92. The van der Waals surface area contributed by atoms with Gasteiger partial charge in [0.1, 0.15) is 0 Å². The summed E-state index contributed by atoms with van der Waals surface area (Å²) in [5.41, 5.74) is 24.3. The van der Waals surface area contributed by atoms with E-state index in [1.807, 2.05) is 0 Å². The third-order valence-corrected chi connectivity index (χ3v) is 17.7. The van der Waals surface area contributed by atoms with Crippen LogP contribution in [0.5, 0.6) is 0 Å². The van der Waals surface area contributed by atoms with E-state index in [4.69, 9.17) is 0 Å². The summed E-state index contributed by atoms with van der Waals surface area (Å²) >= 11 is 0. The van der Waals surface area contributed by atoms with Crippen molar-refractivity contribution >= 4 is 72.0 Å². The van der Waals surface area contributed by atoms with Crippen LogP contribution in [0.3, 0.4) is 0 Å². The van der Waals surface area contributed by atoms with Gasteiger partial charge in [-0.25, -0.2) is 0 Å². The van der Waals surface area contributed by atoms with Crippen molar-refractivity contribution in [1.29, 1.82) is 0 Å². The van der Waals surface area contributed by atoms with Crippen molar-refractivity contribution in [3.8, 4) is 33.4 Å². The number of nitrogens with zero attached hydrogens (tertiary/aromatic N) is 2. The second-order valence-electron chi connectivity index (χ2n) is 26.3. The van der Waals surface area contributed by atoms with Gasteiger partial charge in [0.2, 0.25) is 0 Å². The number of hydrogen-bond acceptors (Lipinski definition) is 2. The summed E-state index contributed by atoms with van der Waals surface area (Å²) in [5.74, 6) is 0.859. The molecule has 0 amide bonds. The Morgan fingerprint density at radius 3 is 1.12 bits per heavy atom. The van der Waals surface area contributed by atoms with Gasteiger partial charge in [0.25, 0.3) is 0 Å². The summed E-state index contributed by atoms with van der Waals surface area (Å²) in [7, 11) is 0. The third-order valence-electron chi connectivity index (χ3n) is 17.7. The lowest BCUT2D eigenvalue weighted by Gasteiger charge is -2.36. The van der Waals surface area contributed by atoms with Crippen LogP contribution in [0.1, 0.15) is 133 Å². The Morgan fingerprint density at radius 1 is 0.373 bits per heavy atom. The van der Waals surface area contributed by atoms with Crippen molar-refractivity contribution in [3.05, 3.63) is 257 Å². The number of benzene rings is 11. The SMILES string of the molecule is Cc1ccc(C2=CC=CCC2C)cc1N(c1cc(-c2ccccc2)ccc1C(C)(C)C)c1cc(C(C)C)c2ccc3c(N(c4cc(-c5ccccc5)ccc4C)c4cc(-c5ccccc5)ccc4C(C)(C)C)cc(C(C)C)c4ccc1c2c43. The molecule has 0 fully saturated rings. The fraction of sp³-hybridized carbons (Fsp3) is 0.235. The number of anilines is 6. The number of allylic oxidation sites excluding steroid dienone is 4. The Balaban J connectivity index is 1.23. The molecule has 0 aliphatic heterocycles. The van der Waals surface area contributed by atoms with Gasteiger partial charge in [-0.1, -0.05) is 258 Å². The lowest BCUT2D eigenvalue weighted by molar-refractivity contribution is 0.591. The highest BCUT2D eigenvalue weighted by molar-refractivity contribution is 6.29. The van der Waals surface area contributed by atoms with E-state index in [0.717, 1.165) is 6.42 Å². The molecule has 0 aromatic heterocycles. The summed E-state index contributed by atoms with van der Waals surface area (Å²) in [5, 5.41) is 7.74. The maximum absolute atomic E-state index is 2.67. The van der Waals surface area contributed by atoms with Crippen molar-refractivity contribution in [2.75, 3.05) is 9.80 Å². The average molecular weight is 1080 g/mol. The molecule has 83 heavy (non-hydrogen) atoms. The van der Waals surface area contributed by atoms with Crippen molar-refractivity contribution in [3.63, 3.8) is 0 Å². The molecule has 2 nitrogen and oxygen atoms in total. The maximum atomic E-state index is 2.67. The number of aryl methyl sites for hydroxylation is 2. The normalized spacial score (nSPS) is 13.9. The zero-order valence-electron chi connectivity index (χ0n) is 51.1. The monoisotopic (exact) mass is 1080 g/mol. The molecule has 0 radical (unpaired) electrons. The molecule has 2 heteroatoms. The van der Waals surface area contributed by atoms with Gasteiger partial charge < -0.3 is 9.80 Å². The van der Waals surface area contributed by atoms with Gasteiger partial charge in [0.05, 0.1) is 22.7 Å². The first-order valence-corrected chi connectivity index (χ1v) is 30.3. The van der Waals surface area contributed by atoms with Crippen LogP contribution in [-0.2, 0) is 10.8 Å². The van der Waals surface area contributed by atoms with Gasteiger partial charge in [0.15, 0.2) is 0 Å². The van der Waals surface area contributed by atoms with Crippen LogP contribution in [0.2, 0.25) is 0 Å². The molecule has 414 valence electrons. The zero-order chi connectivity index (χ0) is 58.1. The molecule has 0 saturated heterocycles. The van der Waals surface area contributed by atoms with E-state index in [1.54, 1.807) is 0 Å². The third kappa shape index (κ3) is 10.2. The van der Waals surface area contributed by atoms with Crippen LogP contribution in [0.15, 0.2) is 218 Å². The van der Waals surface area contributed by atoms with Crippen LogP contribution in [0.4, 0.5) is 34.1 Å². The number of rotatable bonds is 12. The molecule has 1 aliphatic rings. The molecule has 1 atom stereocenters. The molecule has 11 aromatic rings. The molecule has 1 unspecified atom stereocenters. The molecular formula is C81H80N2. The summed E-state index contributed by atoms with van der Waals surface area (Å²) in [6.45, 7) is 30.7. The highest BCUT2D eigenvalue weighted by atomic mass is 15.2. The lowest BCUT2D eigenvalue weighted by Crippen LogP contribution is -2.21. The van der Waals surface area contributed by atoms with Crippen molar-refractivity contribution in [1.82, 2.24) is 0 Å². The minimum absolute atomic E-state index is 0.186. The van der Waals surface area contributed by atoms with Gasteiger partial charge in [-0.3, -0.25) is 0 Å². The van der Waals surface area contributed by atoms with Crippen molar-refractivity contribution in [2.24, 2.45) is 5.92 Å². The first-order chi connectivity index (χ1) is 39.8. The smallest absolute Gasteiger partial charge is 0.0543 e. The van der Waals surface area contributed by atoms with Gasteiger partial charge >= 0.3 is 0 Å². The Morgan fingerprint density at radius 2 is 0.735 bits per heavy atom. The Bertz CT molecular complexity index is 4270. The van der Waals surface area contributed by atoms with E-state index >= 15 is 0 Å². The van der Waals surface area contributed by atoms with Gasteiger partial charge in [-0.15, -0.1) is 0 Å². The van der Waals surface area contributed by atoms with Crippen molar-refractivity contribution in [2.45, 2.75) is 119 Å². The molecule has 0 heterocycles. The average Bonchev–Trinajstić information content (AvgIpc) is 3.60. The fourth-order valence-electron chi connectivity index (χ4n) is 13.3. The minimum atomic E-state index is -0.190. The fourth-order valence-corrected chi connectivity index (χ4v) is 13.3. The standard InChI is InChI=1S/C81H80N2/c1-51(2)68-49-74(82(72-45-59(35-33-54(72)6)56-26-17-14-18-27-56)76-46-60(57-28-19-15-20-29-57)37-43-70(76)80(8,9)10)66-41-39-65-69(52(3)4)50-75(67-42-40-64(68)78(66)79(65)67)83(73-48-62(36-34-55(73)7)63-32-24-23-25-53(63)5)77-47-61(58-30-21-16-22-31-58)38-44-71(77)81(11,12)13/h14-24,26-53H,25H2,1-13H3. The topological polar surface area (TPSA) is 6.48 Å². The molecular weight excluding hydrogens is 1000 g/mol. The highest BCUT2D eigenvalue weighted by Crippen LogP contribution is 2.55. The zero-order valence-corrected chi connectivity index (χ0v) is 51.1. The predicted octanol–water partition coefficient (Wildman–Crippen LogP) is 24.0. The Kier molecular flexibility index (Phi) is 14.4. The predicted molar refractivity (Wildman–Crippen MR) is 362 cm³/mol. The van der Waals surface area contributed by atoms with Crippen LogP contribution >= 0.6 is 0 Å². The molecule has 0 bridgehead atoms. The minimum Gasteiger partial charge on any atom is -0.309 e. The van der Waals surface area contributed by atoms with E-state index in [0.29, 0.717) is 5.92 Å². The largest absolute Gasteiger partial charge is 0.309 e. The maximum Gasteiger partial charge on any atom is 0.0543 e. The van der Waals surface area contributed by atoms with E-state index in [2.05, 4.69) is 318 Å². The molecule has 0 saturated carbocycles. The van der Waals surface area contributed by atoms with E-state index < -0.39 is 0 Å². The summed E-state index contributed by atoms with van der Waals surface area (Å²) in [4.78, 5) is 5.33. The molecule has 0 N–H and O–H groups in total. The quantitative estimate of drug-likeness (QED) is 0.113. The highest BCUT2D eigenvalue weighted by Gasteiger charge is 2.32. The molecule has 12 rings (SSSR count). The van der Waals surface area contributed by atoms with Gasteiger partial charge in [-0.05, 0) is 185 Å². The van der Waals surface area contributed by atoms with Crippen LogP contribution < -0.4 is 9.80 Å². The van der Waals surface area contributed by atoms with Crippen LogP contribution in [-0.4, -0.2) is 0 Å².